The Labute approximate surface area is 162 Å². The molecule has 0 spiro atoms. The molecule has 1 aliphatic carbocycles. The van der Waals surface area contributed by atoms with E-state index < -0.39 is 0 Å². The zero-order valence-corrected chi connectivity index (χ0v) is 16.6. The number of hydrogen-bond acceptors (Lipinski definition) is 2. The fraction of sp³-hybridized carbons (Fsp3) is 0.458. The van der Waals surface area contributed by atoms with Crippen LogP contribution in [0.1, 0.15) is 61.4 Å². The first kappa shape index (κ1) is 18.1. The fourth-order valence-corrected chi connectivity index (χ4v) is 4.27. The largest absolute Gasteiger partial charge is 0.493 e. The van der Waals surface area contributed by atoms with Crippen molar-refractivity contribution in [3.05, 3.63) is 59.4 Å². The maximum absolute atomic E-state index is 6.08. The molecule has 3 aromatic rings. The van der Waals surface area contributed by atoms with Gasteiger partial charge in [-0.2, -0.15) is 0 Å². The van der Waals surface area contributed by atoms with Crippen LogP contribution in [0.4, 0.5) is 0 Å². The maximum Gasteiger partial charge on any atom is 0.122 e. The summed E-state index contributed by atoms with van der Waals surface area (Å²) in [6, 6.07) is 15.0. The molecule has 1 saturated carbocycles. The summed E-state index contributed by atoms with van der Waals surface area (Å²) in [7, 11) is 0. The second-order valence-corrected chi connectivity index (χ2v) is 7.92. The number of para-hydroxylation sites is 2. The van der Waals surface area contributed by atoms with Gasteiger partial charge in [-0.25, -0.2) is 4.98 Å². The SMILES string of the molecule is Cc1ccc(C)c(OCCCn2c(C3CCCCC3)nc3ccccc32)c1. The number of fused-ring (bicyclic) bond motifs is 1. The van der Waals surface area contributed by atoms with Crippen molar-refractivity contribution >= 4 is 11.0 Å². The summed E-state index contributed by atoms with van der Waals surface area (Å²) in [5, 5.41) is 0. The molecule has 142 valence electrons. The van der Waals surface area contributed by atoms with Gasteiger partial charge in [0.2, 0.25) is 0 Å². The molecule has 1 heterocycles. The predicted molar refractivity (Wildman–Crippen MR) is 112 cm³/mol. The molecule has 0 unspecified atom stereocenters. The van der Waals surface area contributed by atoms with Gasteiger partial charge in [-0.3, -0.25) is 0 Å². The Morgan fingerprint density at radius 2 is 1.85 bits per heavy atom. The average Bonchev–Trinajstić information content (AvgIpc) is 3.07. The van der Waals surface area contributed by atoms with E-state index in [9.17, 15) is 0 Å². The van der Waals surface area contributed by atoms with Gasteiger partial charge >= 0.3 is 0 Å². The molecule has 3 heteroatoms. The molecule has 4 rings (SSSR count). The van der Waals surface area contributed by atoms with Crippen molar-refractivity contribution in [2.45, 2.75) is 64.8 Å². The van der Waals surface area contributed by atoms with Gasteiger partial charge in [-0.05, 0) is 62.4 Å². The molecule has 0 bridgehead atoms. The second-order valence-electron chi connectivity index (χ2n) is 7.92. The molecule has 2 aromatic carbocycles. The quantitative estimate of drug-likeness (QED) is 0.490. The van der Waals surface area contributed by atoms with E-state index in [0.717, 1.165) is 30.8 Å². The molecule has 0 atom stereocenters. The molecule has 0 amide bonds. The lowest BCUT2D eigenvalue weighted by Gasteiger charge is -2.22. The standard InChI is InChI=1S/C24H30N2O/c1-18-13-14-19(2)23(17-18)27-16-8-15-26-22-12-7-6-11-21(22)25-24(26)20-9-4-3-5-10-20/h6-7,11-14,17,20H,3-5,8-10,15-16H2,1-2H3. The van der Waals surface area contributed by atoms with E-state index in [2.05, 4.69) is 60.9 Å². The van der Waals surface area contributed by atoms with Crippen molar-refractivity contribution in [2.24, 2.45) is 0 Å². The summed E-state index contributed by atoms with van der Waals surface area (Å²) in [6.07, 6.45) is 7.60. The van der Waals surface area contributed by atoms with Gasteiger partial charge in [0, 0.05) is 12.5 Å². The van der Waals surface area contributed by atoms with Gasteiger partial charge in [0.15, 0.2) is 0 Å². The topological polar surface area (TPSA) is 27.1 Å². The van der Waals surface area contributed by atoms with Crippen LogP contribution < -0.4 is 4.74 Å². The van der Waals surface area contributed by atoms with Gasteiger partial charge in [0.25, 0.3) is 0 Å². The van der Waals surface area contributed by atoms with Crippen molar-refractivity contribution in [3.63, 3.8) is 0 Å². The van der Waals surface area contributed by atoms with Crippen LogP contribution in [0.3, 0.4) is 0 Å². The van der Waals surface area contributed by atoms with E-state index in [4.69, 9.17) is 9.72 Å². The number of rotatable bonds is 6. The molecule has 1 aromatic heterocycles. The van der Waals surface area contributed by atoms with Gasteiger partial charge in [0.1, 0.15) is 11.6 Å². The smallest absolute Gasteiger partial charge is 0.122 e. The van der Waals surface area contributed by atoms with E-state index in [0.29, 0.717) is 5.92 Å². The molecule has 1 fully saturated rings. The van der Waals surface area contributed by atoms with E-state index in [1.807, 2.05) is 0 Å². The first-order valence-electron chi connectivity index (χ1n) is 10.4. The van der Waals surface area contributed by atoms with Crippen molar-refractivity contribution in [2.75, 3.05) is 6.61 Å². The molecule has 1 aliphatic rings. The molecular formula is C24H30N2O. The maximum atomic E-state index is 6.08. The highest BCUT2D eigenvalue weighted by Gasteiger charge is 2.22. The van der Waals surface area contributed by atoms with Crippen molar-refractivity contribution in [3.8, 4) is 5.75 Å². The van der Waals surface area contributed by atoms with E-state index >= 15 is 0 Å². The minimum atomic E-state index is 0.617. The Balaban J connectivity index is 1.48. The van der Waals surface area contributed by atoms with E-state index in [1.165, 1.54) is 54.6 Å². The minimum Gasteiger partial charge on any atom is -0.493 e. The summed E-state index contributed by atoms with van der Waals surface area (Å²) < 4.78 is 8.54. The molecule has 27 heavy (non-hydrogen) atoms. The highest BCUT2D eigenvalue weighted by Crippen LogP contribution is 2.34. The molecule has 0 N–H and O–H groups in total. The molecule has 0 aliphatic heterocycles. The number of imidazole rings is 1. The lowest BCUT2D eigenvalue weighted by Crippen LogP contribution is -2.14. The molecular weight excluding hydrogens is 332 g/mol. The Morgan fingerprint density at radius 3 is 2.70 bits per heavy atom. The van der Waals surface area contributed by atoms with Crippen LogP contribution >= 0.6 is 0 Å². The molecule has 0 radical (unpaired) electrons. The average molecular weight is 363 g/mol. The van der Waals surface area contributed by atoms with E-state index in [1.54, 1.807) is 0 Å². The Morgan fingerprint density at radius 1 is 1.04 bits per heavy atom. The predicted octanol–water partition coefficient (Wildman–Crippen LogP) is 6.17. The summed E-state index contributed by atoms with van der Waals surface area (Å²) in [5.74, 6) is 2.92. The van der Waals surface area contributed by atoms with Crippen LogP contribution in [0.5, 0.6) is 5.75 Å². The summed E-state index contributed by atoms with van der Waals surface area (Å²) in [6.45, 7) is 5.93. The number of nitrogens with zero attached hydrogens (tertiary/aromatic N) is 2. The third-order valence-electron chi connectivity index (χ3n) is 5.78. The number of hydrogen-bond donors (Lipinski definition) is 0. The second kappa shape index (κ2) is 8.16. The number of aromatic nitrogens is 2. The van der Waals surface area contributed by atoms with Crippen LogP contribution in [0, 0.1) is 13.8 Å². The summed E-state index contributed by atoms with van der Waals surface area (Å²) >= 11 is 0. The van der Waals surface area contributed by atoms with Gasteiger partial charge < -0.3 is 9.30 Å². The minimum absolute atomic E-state index is 0.617. The summed E-state index contributed by atoms with van der Waals surface area (Å²) in [4.78, 5) is 5.02. The van der Waals surface area contributed by atoms with Gasteiger partial charge in [-0.15, -0.1) is 0 Å². The normalized spacial score (nSPS) is 15.3. The zero-order valence-electron chi connectivity index (χ0n) is 16.6. The van der Waals surface area contributed by atoms with Crippen LogP contribution in [-0.2, 0) is 6.54 Å². The van der Waals surface area contributed by atoms with Crippen LogP contribution in [-0.4, -0.2) is 16.2 Å². The third-order valence-corrected chi connectivity index (χ3v) is 5.78. The number of aryl methyl sites for hydroxylation is 3. The number of ether oxygens (including phenoxy) is 1. The lowest BCUT2D eigenvalue weighted by atomic mass is 9.88. The highest BCUT2D eigenvalue weighted by atomic mass is 16.5. The Bertz CT molecular complexity index is 906. The highest BCUT2D eigenvalue weighted by molar-refractivity contribution is 5.76. The van der Waals surface area contributed by atoms with Crippen molar-refractivity contribution in [1.29, 1.82) is 0 Å². The first-order chi connectivity index (χ1) is 13.2. The third kappa shape index (κ3) is 4.02. The van der Waals surface area contributed by atoms with Gasteiger partial charge in [0.05, 0.1) is 17.6 Å². The van der Waals surface area contributed by atoms with E-state index in [-0.39, 0.29) is 0 Å². The van der Waals surface area contributed by atoms with Gasteiger partial charge in [-0.1, -0.05) is 43.5 Å². The van der Waals surface area contributed by atoms with Crippen LogP contribution in [0.25, 0.3) is 11.0 Å². The van der Waals surface area contributed by atoms with Crippen molar-refractivity contribution in [1.82, 2.24) is 9.55 Å². The fourth-order valence-electron chi connectivity index (χ4n) is 4.27. The molecule has 0 saturated heterocycles. The number of benzene rings is 2. The monoisotopic (exact) mass is 362 g/mol. The molecule has 3 nitrogen and oxygen atoms in total. The first-order valence-corrected chi connectivity index (χ1v) is 10.4. The Kier molecular flexibility index (Phi) is 5.47. The van der Waals surface area contributed by atoms with Crippen LogP contribution in [0.2, 0.25) is 0 Å². The Hall–Kier alpha value is -2.29. The zero-order chi connectivity index (χ0) is 18.6. The summed E-state index contributed by atoms with van der Waals surface area (Å²) in [5.41, 5.74) is 4.85. The van der Waals surface area contributed by atoms with Crippen molar-refractivity contribution < 1.29 is 4.74 Å². The lowest BCUT2D eigenvalue weighted by molar-refractivity contribution is 0.298. The van der Waals surface area contributed by atoms with Crippen LogP contribution in [0.15, 0.2) is 42.5 Å².